The van der Waals surface area contributed by atoms with Gasteiger partial charge in [-0.15, -0.1) is 11.3 Å². The van der Waals surface area contributed by atoms with Crippen molar-refractivity contribution < 1.29 is 8.42 Å². The van der Waals surface area contributed by atoms with Gasteiger partial charge < -0.3 is 10.2 Å². The standard InChI is InChI=1S/C21H25N3O2S2/c1-21(2,3)16-6-4-5-7-18(16)28(25,26)19-14-15-17(27-19)8-9-23-20(15)24-12-10-22-11-13-24/h4-9,14,22H,10-13H2,1-3H3. The minimum absolute atomic E-state index is 0.256. The number of hydrogen-bond acceptors (Lipinski definition) is 6. The van der Waals surface area contributed by atoms with Gasteiger partial charge in [0.2, 0.25) is 9.84 Å². The SMILES string of the molecule is CC(C)(C)c1ccccc1S(=O)(=O)c1cc2c(N3CCNCC3)nccc2s1. The molecule has 1 N–H and O–H groups in total. The number of piperazine rings is 1. The van der Waals surface area contributed by atoms with Crippen LogP contribution in [0.5, 0.6) is 0 Å². The first-order chi connectivity index (χ1) is 13.3. The van der Waals surface area contributed by atoms with Gasteiger partial charge >= 0.3 is 0 Å². The zero-order valence-electron chi connectivity index (χ0n) is 16.4. The lowest BCUT2D eigenvalue weighted by Gasteiger charge is -2.28. The molecule has 1 fully saturated rings. The Morgan fingerprint density at radius 3 is 2.54 bits per heavy atom. The Morgan fingerprint density at radius 2 is 1.82 bits per heavy atom. The van der Waals surface area contributed by atoms with Crippen LogP contribution in [0.3, 0.4) is 0 Å². The van der Waals surface area contributed by atoms with Crippen LogP contribution < -0.4 is 10.2 Å². The van der Waals surface area contributed by atoms with Gasteiger partial charge in [0.15, 0.2) is 0 Å². The molecule has 4 rings (SSSR count). The molecule has 0 bridgehead atoms. The van der Waals surface area contributed by atoms with Gasteiger partial charge in [0.25, 0.3) is 0 Å². The first-order valence-electron chi connectivity index (χ1n) is 9.47. The summed E-state index contributed by atoms with van der Waals surface area (Å²) in [6.07, 6.45) is 1.77. The van der Waals surface area contributed by atoms with Crippen molar-refractivity contribution in [2.75, 3.05) is 31.1 Å². The Kier molecular flexibility index (Phi) is 4.93. The molecular weight excluding hydrogens is 390 g/mol. The minimum Gasteiger partial charge on any atom is -0.354 e. The van der Waals surface area contributed by atoms with Crippen molar-refractivity contribution in [1.29, 1.82) is 0 Å². The van der Waals surface area contributed by atoms with Crippen molar-refractivity contribution in [1.82, 2.24) is 10.3 Å². The van der Waals surface area contributed by atoms with Crippen LogP contribution >= 0.6 is 11.3 Å². The van der Waals surface area contributed by atoms with Crippen molar-refractivity contribution in [3.63, 3.8) is 0 Å². The molecule has 28 heavy (non-hydrogen) atoms. The van der Waals surface area contributed by atoms with Crippen LogP contribution in [-0.2, 0) is 15.3 Å². The third-order valence-electron chi connectivity index (χ3n) is 5.07. The average Bonchev–Trinajstić information content (AvgIpc) is 3.13. The summed E-state index contributed by atoms with van der Waals surface area (Å²) in [6.45, 7) is 9.68. The molecule has 0 atom stereocenters. The van der Waals surface area contributed by atoms with E-state index < -0.39 is 9.84 Å². The molecule has 0 amide bonds. The number of nitrogens with one attached hydrogen (secondary N) is 1. The summed E-state index contributed by atoms with van der Waals surface area (Å²) >= 11 is 1.33. The highest BCUT2D eigenvalue weighted by Gasteiger charge is 2.29. The number of sulfone groups is 1. The molecule has 2 aromatic heterocycles. The molecule has 3 aromatic rings. The van der Waals surface area contributed by atoms with Gasteiger partial charge in [-0.2, -0.15) is 0 Å². The molecule has 1 saturated heterocycles. The number of thiophene rings is 1. The molecule has 5 nitrogen and oxygen atoms in total. The smallest absolute Gasteiger partial charge is 0.216 e. The van der Waals surface area contributed by atoms with E-state index in [-0.39, 0.29) is 5.41 Å². The maximum Gasteiger partial charge on any atom is 0.216 e. The van der Waals surface area contributed by atoms with Gasteiger partial charge in [-0.1, -0.05) is 39.0 Å². The van der Waals surface area contributed by atoms with Crippen LogP contribution in [0.2, 0.25) is 0 Å². The fourth-order valence-corrected chi connectivity index (χ4v) is 6.79. The van der Waals surface area contributed by atoms with E-state index in [1.807, 2.05) is 39.0 Å². The normalized spacial score (nSPS) is 15.9. The van der Waals surface area contributed by atoms with Crippen molar-refractivity contribution in [2.24, 2.45) is 0 Å². The van der Waals surface area contributed by atoms with Gasteiger partial charge in [0.05, 0.1) is 4.90 Å². The van der Waals surface area contributed by atoms with Crippen molar-refractivity contribution in [3.8, 4) is 0 Å². The Labute approximate surface area is 170 Å². The van der Waals surface area contributed by atoms with Crippen LogP contribution in [0.25, 0.3) is 10.1 Å². The predicted octanol–water partition coefficient (Wildman–Crippen LogP) is 3.84. The average molecular weight is 416 g/mol. The van der Waals surface area contributed by atoms with Crippen molar-refractivity contribution in [3.05, 3.63) is 48.2 Å². The molecular formula is C21H25N3O2S2. The number of hydrogen-bond donors (Lipinski definition) is 1. The molecule has 0 spiro atoms. The van der Waals surface area contributed by atoms with Gasteiger partial charge in [-0.25, -0.2) is 13.4 Å². The number of benzene rings is 1. The van der Waals surface area contributed by atoms with Gasteiger partial charge in [-0.3, -0.25) is 0 Å². The summed E-state index contributed by atoms with van der Waals surface area (Å²) in [7, 11) is -3.60. The van der Waals surface area contributed by atoms with Gasteiger partial charge in [-0.05, 0) is 29.2 Å². The highest BCUT2D eigenvalue weighted by atomic mass is 32.2. The largest absolute Gasteiger partial charge is 0.354 e. The van der Waals surface area contributed by atoms with Gasteiger partial charge in [0, 0.05) is 42.5 Å². The fourth-order valence-electron chi connectivity index (χ4n) is 3.62. The summed E-state index contributed by atoms with van der Waals surface area (Å²) in [5, 5.41) is 4.26. The molecule has 0 unspecified atom stereocenters. The summed E-state index contributed by atoms with van der Waals surface area (Å²) in [6, 6.07) is 11.0. The summed E-state index contributed by atoms with van der Waals surface area (Å²) in [5.74, 6) is 0.876. The molecule has 0 radical (unpaired) electrons. The number of anilines is 1. The van der Waals surface area contributed by atoms with E-state index in [1.165, 1.54) is 11.3 Å². The summed E-state index contributed by atoms with van der Waals surface area (Å²) in [5.41, 5.74) is 0.585. The first-order valence-corrected chi connectivity index (χ1v) is 11.8. The van der Waals surface area contributed by atoms with E-state index in [9.17, 15) is 8.42 Å². The van der Waals surface area contributed by atoms with E-state index in [0.29, 0.717) is 9.10 Å². The lowest BCUT2D eigenvalue weighted by atomic mass is 9.87. The topological polar surface area (TPSA) is 62.3 Å². The molecule has 1 aromatic carbocycles. The second-order valence-corrected chi connectivity index (χ2v) is 11.3. The molecule has 1 aliphatic heterocycles. The van der Waals surface area contributed by atoms with Crippen LogP contribution in [0.15, 0.2) is 51.7 Å². The monoisotopic (exact) mass is 415 g/mol. The van der Waals surface area contributed by atoms with Crippen LogP contribution in [0, 0.1) is 0 Å². The van der Waals surface area contributed by atoms with E-state index in [1.54, 1.807) is 24.4 Å². The van der Waals surface area contributed by atoms with Gasteiger partial charge in [0.1, 0.15) is 10.0 Å². The van der Waals surface area contributed by atoms with Crippen LogP contribution in [0.1, 0.15) is 26.3 Å². The summed E-state index contributed by atoms with van der Waals surface area (Å²) < 4.78 is 28.4. The highest BCUT2D eigenvalue weighted by molar-refractivity contribution is 7.93. The predicted molar refractivity (Wildman–Crippen MR) is 115 cm³/mol. The Bertz CT molecular complexity index is 1110. The molecule has 3 heterocycles. The second kappa shape index (κ2) is 7.13. The number of pyridine rings is 1. The second-order valence-electron chi connectivity index (χ2n) is 8.10. The number of nitrogens with zero attached hydrogens (tertiary/aromatic N) is 2. The molecule has 0 aliphatic carbocycles. The lowest BCUT2D eigenvalue weighted by molar-refractivity contribution is 0.562. The number of aromatic nitrogens is 1. The molecule has 148 valence electrons. The third kappa shape index (κ3) is 3.43. The maximum atomic E-state index is 13.5. The Balaban J connectivity index is 1.84. The molecule has 7 heteroatoms. The summed E-state index contributed by atoms with van der Waals surface area (Å²) in [4.78, 5) is 7.19. The lowest BCUT2D eigenvalue weighted by Crippen LogP contribution is -2.43. The number of rotatable bonds is 3. The zero-order chi connectivity index (χ0) is 19.9. The van der Waals surface area contributed by atoms with E-state index in [4.69, 9.17) is 0 Å². The quantitative estimate of drug-likeness (QED) is 0.704. The van der Waals surface area contributed by atoms with Crippen molar-refractivity contribution >= 4 is 37.1 Å². The molecule has 1 aliphatic rings. The minimum atomic E-state index is -3.60. The van der Waals surface area contributed by atoms with Crippen molar-refractivity contribution in [2.45, 2.75) is 35.3 Å². The van der Waals surface area contributed by atoms with E-state index in [2.05, 4.69) is 15.2 Å². The Morgan fingerprint density at radius 1 is 1.11 bits per heavy atom. The fraction of sp³-hybridized carbons (Fsp3) is 0.381. The highest BCUT2D eigenvalue weighted by Crippen LogP contribution is 2.39. The molecule has 0 saturated carbocycles. The number of fused-ring (bicyclic) bond motifs is 1. The first kappa shape index (κ1) is 19.4. The van der Waals surface area contributed by atoms with E-state index in [0.717, 1.165) is 47.6 Å². The van der Waals surface area contributed by atoms with Crippen LogP contribution in [0.4, 0.5) is 5.82 Å². The maximum absolute atomic E-state index is 13.5. The zero-order valence-corrected chi connectivity index (χ0v) is 18.0. The van der Waals surface area contributed by atoms with Crippen LogP contribution in [-0.4, -0.2) is 39.6 Å². The Hall–Kier alpha value is -1.96. The third-order valence-corrected chi connectivity index (χ3v) is 8.45. The van der Waals surface area contributed by atoms with E-state index >= 15 is 0 Å².